The molecule has 1 aliphatic carbocycles. The molecular weight excluding hydrogens is 260 g/mol. The molecule has 1 aliphatic rings. The van der Waals surface area contributed by atoms with Gasteiger partial charge < -0.3 is 14.9 Å². The van der Waals surface area contributed by atoms with E-state index in [2.05, 4.69) is 10.5 Å². The quantitative estimate of drug-likeness (QED) is 0.816. The Hall–Kier alpha value is -2.11. The minimum absolute atomic E-state index is 0.234. The summed E-state index contributed by atoms with van der Waals surface area (Å²) in [5.41, 5.74) is 1.58. The molecule has 0 bridgehead atoms. The molecule has 108 valence electrons. The number of carboxylic acid groups (broad SMARTS) is 1. The summed E-state index contributed by atoms with van der Waals surface area (Å²) >= 11 is 0. The zero-order valence-corrected chi connectivity index (χ0v) is 11.5. The first kappa shape index (κ1) is 14.3. The predicted molar refractivity (Wildman–Crippen MR) is 70.8 cm³/mol. The lowest BCUT2D eigenvalue weighted by Crippen LogP contribution is -2.38. The van der Waals surface area contributed by atoms with E-state index in [0.717, 1.165) is 11.3 Å². The fraction of sp³-hybridized carbons (Fsp3) is 0.500. The highest BCUT2D eigenvalue weighted by Crippen LogP contribution is 2.26. The van der Waals surface area contributed by atoms with Crippen LogP contribution in [-0.4, -0.2) is 22.1 Å². The summed E-state index contributed by atoms with van der Waals surface area (Å²) in [6, 6.07) is 0. The Kier molecular flexibility index (Phi) is 4.22. The fourth-order valence-corrected chi connectivity index (χ4v) is 2.44. The number of hydrogen-bond acceptors (Lipinski definition) is 4. The molecule has 6 nitrogen and oxygen atoms in total. The van der Waals surface area contributed by atoms with Gasteiger partial charge in [-0.25, -0.2) is 0 Å². The normalized spacial score (nSPS) is 21.7. The largest absolute Gasteiger partial charge is 0.481 e. The van der Waals surface area contributed by atoms with Crippen molar-refractivity contribution in [3.63, 3.8) is 0 Å². The Bertz CT molecular complexity index is 528. The van der Waals surface area contributed by atoms with Gasteiger partial charge in [0, 0.05) is 12.1 Å². The van der Waals surface area contributed by atoms with Gasteiger partial charge in [-0.3, -0.25) is 9.59 Å². The standard InChI is InChI=1S/C14H18N2O4/c1-8-12(9(2)20-16-8)7-15-13(17)10-5-3-4-6-11(10)14(18)19/h3-4,10-11H,5-7H2,1-2H3,(H,15,17)(H,18,19)/t10-,11+/m1/s1. The van der Waals surface area contributed by atoms with Crippen LogP contribution in [0.2, 0.25) is 0 Å². The average molecular weight is 278 g/mol. The van der Waals surface area contributed by atoms with Gasteiger partial charge >= 0.3 is 5.97 Å². The van der Waals surface area contributed by atoms with Crippen molar-refractivity contribution in [1.82, 2.24) is 10.5 Å². The van der Waals surface area contributed by atoms with Crippen LogP contribution in [0.1, 0.15) is 29.9 Å². The maximum atomic E-state index is 12.2. The molecule has 0 unspecified atom stereocenters. The van der Waals surface area contributed by atoms with Gasteiger partial charge in [-0.2, -0.15) is 0 Å². The SMILES string of the molecule is Cc1noc(C)c1CNC(=O)[C@@H]1CC=CC[C@@H]1C(=O)O. The number of carboxylic acids is 1. The minimum Gasteiger partial charge on any atom is -0.481 e. The number of nitrogens with zero attached hydrogens (tertiary/aromatic N) is 1. The van der Waals surface area contributed by atoms with E-state index in [4.69, 9.17) is 9.63 Å². The number of rotatable bonds is 4. The zero-order chi connectivity index (χ0) is 14.7. The summed E-state index contributed by atoms with van der Waals surface area (Å²) in [7, 11) is 0. The first-order valence-corrected chi connectivity index (χ1v) is 6.58. The van der Waals surface area contributed by atoms with Crippen LogP contribution < -0.4 is 5.32 Å². The molecule has 0 saturated heterocycles. The van der Waals surface area contributed by atoms with Crippen molar-refractivity contribution in [2.24, 2.45) is 11.8 Å². The van der Waals surface area contributed by atoms with E-state index in [-0.39, 0.29) is 5.91 Å². The summed E-state index contributed by atoms with van der Waals surface area (Å²) in [5.74, 6) is -1.66. The lowest BCUT2D eigenvalue weighted by Gasteiger charge is -2.24. The Morgan fingerprint density at radius 3 is 2.55 bits per heavy atom. The molecule has 1 amide bonds. The van der Waals surface area contributed by atoms with Crippen molar-refractivity contribution in [3.05, 3.63) is 29.2 Å². The van der Waals surface area contributed by atoms with Gasteiger partial charge in [0.2, 0.25) is 5.91 Å². The third-order valence-corrected chi connectivity index (χ3v) is 3.71. The minimum atomic E-state index is -0.924. The molecule has 6 heteroatoms. The van der Waals surface area contributed by atoms with Crippen LogP contribution in [0.5, 0.6) is 0 Å². The molecule has 2 atom stereocenters. The highest BCUT2D eigenvalue weighted by Gasteiger charge is 2.33. The monoisotopic (exact) mass is 278 g/mol. The number of aromatic nitrogens is 1. The molecular formula is C14H18N2O4. The first-order chi connectivity index (χ1) is 9.50. The van der Waals surface area contributed by atoms with Gasteiger partial charge in [0.15, 0.2) is 0 Å². The molecule has 20 heavy (non-hydrogen) atoms. The van der Waals surface area contributed by atoms with Crippen molar-refractivity contribution in [3.8, 4) is 0 Å². The Balaban J connectivity index is 2.01. The molecule has 1 aromatic heterocycles. The van der Waals surface area contributed by atoms with Crippen molar-refractivity contribution in [2.75, 3.05) is 0 Å². The lowest BCUT2D eigenvalue weighted by atomic mass is 9.82. The molecule has 0 fully saturated rings. The van der Waals surface area contributed by atoms with Gasteiger partial charge in [-0.1, -0.05) is 17.3 Å². The molecule has 0 saturated carbocycles. The van der Waals surface area contributed by atoms with Crippen LogP contribution in [0.3, 0.4) is 0 Å². The number of aryl methyl sites for hydroxylation is 2. The van der Waals surface area contributed by atoms with E-state index in [1.54, 1.807) is 13.8 Å². The molecule has 0 spiro atoms. The van der Waals surface area contributed by atoms with Crippen LogP contribution in [0.4, 0.5) is 0 Å². The summed E-state index contributed by atoms with van der Waals surface area (Å²) in [6.45, 7) is 3.90. The summed E-state index contributed by atoms with van der Waals surface area (Å²) in [6.07, 6.45) is 4.54. The van der Waals surface area contributed by atoms with Gasteiger partial charge in [0.25, 0.3) is 0 Å². The van der Waals surface area contributed by atoms with Gasteiger partial charge in [0.1, 0.15) is 5.76 Å². The second kappa shape index (κ2) is 5.90. The Labute approximate surface area is 116 Å². The molecule has 2 N–H and O–H groups in total. The molecule has 0 radical (unpaired) electrons. The van der Waals surface area contributed by atoms with E-state index < -0.39 is 17.8 Å². The smallest absolute Gasteiger partial charge is 0.307 e. The van der Waals surface area contributed by atoms with Crippen LogP contribution in [-0.2, 0) is 16.1 Å². The topological polar surface area (TPSA) is 92.4 Å². The highest BCUT2D eigenvalue weighted by atomic mass is 16.5. The number of amides is 1. The number of hydrogen-bond donors (Lipinski definition) is 2. The van der Waals surface area contributed by atoms with Gasteiger partial charge in [-0.15, -0.1) is 0 Å². The summed E-state index contributed by atoms with van der Waals surface area (Å²) in [5, 5.41) is 15.8. The third kappa shape index (κ3) is 2.89. The number of allylic oxidation sites excluding steroid dienone is 2. The molecule has 1 heterocycles. The van der Waals surface area contributed by atoms with Crippen molar-refractivity contribution in [2.45, 2.75) is 33.2 Å². The van der Waals surface area contributed by atoms with E-state index in [1.165, 1.54) is 0 Å². The van der Waals surface area contributed by atoms with Crippen LogP contribution >= 0.6 is 0 Å². The maximum absolute atomic E-state index is 12.2. The number of aliphatic carboxylic acids is 1. The number of carbonyl (C=O) groups is 2. The van der Waals surface area contributed by atoms with Gasteiger partial charge in [-0.05, 0) is 26.7 Å². The second-order valence-corrected chi connectivity index (χ2v) is 5.01. The van der Waals surface area contributed by atoms with Gasteiger partial charge in [0.05, 0.1) is 17.5 Å². The first-order valence-electron chi connectivity index (χ1n) is 6.58. The van der Waals surface area contributed by atoms with E-state index >= 15 is 0 Å². The van der Waals surface area contributed by atoms with E-state index in [1.807, 2.05) is 12.2 Å². The molecule has 2 rings (SSSR count). The van der Waals surface area contributed by atoms with Crippen molar-refractivity contribution in [1.29, 1.82) is 0 Å². The summed E-state index contributed by atoms with van der Waals surface area (Å²) < 4.78 is 5.03. The lowest BCUT2D eigenvalue weighted by molar-refractivity contribution is -0.147. The molecule has 0 aromatic carbocycles. The highest BCUT2D eigenvalue weighted by molar-refractivity contribution is 5.85. The number of nitrogens with one attached hydrogen (secondary N) is 1. The Morgan fingerprint density at radius 1 is 1.35 bits per heavy atom. The van der Waals surface area contributed by atoms with Crippen LogP contribution in [0.15, 0.2) is 16.7 Å². The average Bonchev–Trinajstić information content (AvgIpc) is 2.75. The predicted octanol–water partition coefficient (Wildman–Crippen LogP) is 1.57. The third-order valence-electron chi connectivity index (χ3n) is 3.71. The van der Waals surface area contributed by atoms with Crippen molar-refractivity contribution < 1.29 is 19.2 Å². The van der Waals surface area contributed by atoms with E-state index in [0.29, 0.717) is 25.1 Å². The number of carbonyl (C=O) groups excluding carboxylic acids is 1. The summed E-state index contributed by atoms with van der Waals surface area (Å²) in [4.78, 5) is 23.3. The Morgan fingerprint density at radius 2 is 2.00 bits per heavy atom. The molecule has 0 aliphatic heterocycles. The molecule has 1 aromatic rings. The van der Waals surface area contributed by atoms with E-state index in [9.17, 15) is 9.59 Å². The van der Waals surface area contributed by atoms with Crippen LogP contribution in [0, 0.1) is 25.7 Å². The van der Waals surface area contributed by atoms with Crippen LogP contribution in [0.25, 0.3) is 0 Å². The fourth-order valence-electron chi connectivity index (χ4n) is 2.44. The zero-order valence-electron chi connectivity index (χ0n) is 11.5. The maximum Gasteiger partial charge on any atom is 0.307 e. The second-order valence-electron chi connectivity index (χ2n) is 5.01. The van der Waals surface area contributed by atoms with Crippen molar-refractivity contribution >= 4 is 11.9 Å².